The topological polar surface area (TPSA) is 96.5 Å². The molecule has 0 atom stereocenters. The third-order valence-electron chi connectivity index (χ3n) is 7.21. The number of ketones is 1. The summed E-state index contributed by atoms with van der Waals surface area (Å²) >= 11 is 0. The minimum absolute atomic E-state index is 0.0392. The highest BCUT2D eigenvalue weighted by atomic mass is 16.6. The van der Waals surface area contributed by atoms with Gasteiger partial charge in [0.05, 0.1) is 16.2 Å². The molecular weight excluding hydrogens is 542 g/mol. The lowest BCUT2D eigenvalue weighted by Crippen LogP contribution is -2.25. The SMILES string of the molecule is CC1(C)Cc2c(OCc3ccccc3)ccc(C(=O)/C=C/c3cn(-c4ccccc4)nc3-c3cccc([N+](=O)[O-])c3)c2O1. The molecule has 8 nitrogen and oxygen atoms in total. The quantitative estimate of drug-likeness (QED) is 0.0781. The van der Waals surface area contributed by atoms with Gasteiger partial charge in [-0.1, -0.05) is 60.7 Å². The van der Waals surface area contributed by atoms with Gasteiger partial charge in [0.1, 0.15) is 29.4 Å². The van der Waals surface area contributed by atoms with E-state index in [9.17, 15) is 14.9 Å². The Morgan fingerprint density at radius 2 is 1.77 bits per heavy atom. The molecule has 1 aliphatic heterocycles. The number of aromatic nitrogens is 2. The summed E-state index contributed by atoms with van der Waals surface area (Å²) < 4.78 is 14.1. The molecule has 4 aromatic carbocycles. The largest absolute Gasteiger partial charge is 0.488 e. The van der Waals surface area contributed by atoms with Crippen molar-refractivity contribution in [3.8, 4) is 28.4 Å². The third-order valence-corrected chi connectivity index (χ3v) is 7.21. The van der Waals surface area contributed by atoms with Crippen molar-refractivity contribution in [1.82, 2.24) is 9.78 Å². The van der Waals surface area contributed by atoms with E-state index < -0.39 is 10.5 Å². The molecular formula is C35H29N3O5. The Hall–Kier alpha value is -5.50. The van der Waals surface area contributed by atoms with E-state index >= 15 is 0 Å². The lowest BCUT2D eigenvalue weighted by molar-refractivity contribution is -0.384. The number of carbonyl (C=O) groups excluding carboxylic acids is 1. The Morgan fingerprint density at radius 1 is 1.02 bits per heavy atom. The molecule has 1 aliphatic rings. The first-order valence-electron chi connectivity index (χ1n) is 13.9. The van der Waals surface area contributed by atoms with Crippen LogP contribution in [0.15, 0.2) is 109 Å². The van der Waals surface area contributed by atoms with Crippen LogP contribution in [-0.4, -0.2) is 26.1 Å². The fraction of sp³-hybridized carbons (Fsp3) is 0.143. The Bertz CT molecular complexity index is 1840. The van der Waals surface area contributed by atoms with E-state index in [1.807, 2.05) is 80.6 Å². The van der Waals surface area contributed by atoms with E-state index in [1.165, 1.54) is 18.2 Å². The number of hydrogen-bond acceptors (Lipinski definition) is 6. The van der Waals surface area contributed by atoms with Crippen LogP contribution in [0.1, 0.15) is 40.9 Å². The minimum Gasteiger partial charge on any atom is -0.488 e. The van der Waals surface area contributed by atoms with Crippen LogP contribution < -0.4 is 9.47 Å². The summed E-state index contributed by atoms with van der Waals surface area (Å²) in [5.41, 5.74) is 4.38. The number of para-hydroxylation sites is 1. The van der Waals surface area contributed by atoms with E-state index in [0.29, 0.717) is 46.9 Å². The van der Waals surface area contributed by atoms with Gasteiger partial charge in [-0.05, 0) is 55.8 Å². The maximum absolute atomic E-state index is 13.6. The first-order chi connectivity index (χ1) is 20.8. The van der Waals surface area contributed by atoms with Crippen LogP contribution in [0.5, 0.6) is 11.5 Å². The van der Waals surface area contributed by atoms with Gasteiger partial charge in [0.25, 0.3) is 5.69 Å². The lowest BCUT2D eigenvalue weighted by Gasteiger charge is -2.17. The second kappa shape index (κ2) is 11.4. The number of rotatable bonds is 9. The second-order valence-electron chi connectivity index (χ2n) is 10.9. The summed E-state index contributed by atoms with van der Waals surface area (Å²) in [7, 11) is 0. The number of carbonyl (C=O) groups is 1. The van der Waals surface area contributed by atoms with Crippen LogP contribution in [0.3, 0.4) is 0 Å². The predicted molar refractivity (Wildman–Crippen MR) is 165 cm³/mol. The Morgan fingerprint density at radius 3 is 2.51 bits per heavy atom. The van der Waals surface area contributed by atoms with Crippen LogP contribution in [0.4, 0.5) is 5.69 Å². The van der Waals surface area contributed by atoms with Gasteiger partial charge in [-0.25, -0.2) is 4.68 Å². The van der Waals surface area contributed by atoms with Gasteiger partial charge < -0.3 is 9.47 Å². The van der Waals surface area contributed by atoms with E-state index in [4.69, 9.17) is 14.6 Å². The number of non-ortho nitro benzene ring substituents is 1. The van der Waals surface area contributed by atoms with Crippen LogP contribution in [0.2, 0.25) is 0 Å². The van der Waals surface area contributed by atoms with Gasteiger partial charge in [-0.3, -0.25) is 14.9 Å². The van der Waals surface area contributed by atoms with Crippen molar-refractivity contribution in [2.24, 2.45) is 0 Å². The molecule has 6 rings (SSSR count). The van der Waals surface area contributed by atoms with E-state index in [2.05, 4.69) is 0 Å². The van der Waals surface area contributed by atoms with E-state index in [-0.39, 0.29) is 11.5 Å². The standard InChI is InChI=1S/C35H29N3O5/c1-35(2)21-30-32(42-23-24-10-5-3-6-11-24)19-17-29(34(30)43-35)31(39)18-16-26-22-37(27-13-7-4-8-14-27)36-33(26)25-12-9-15-28(20-25)38(40)41/h3-20,22H,21,23H2,1-2H3/b18-16+. The van der Waals surface area contributed by atoms with Crippen LogP contribution in [0.25, 0.3) is 23.0 Å². The van der Waals surface area contributed by atoms with Gasteiger partial charge in [0, 0.05) is 41.4 Å². The number of ether oxygens (including phenoxy) is 2. The second-order valence-corrected chi connectivity index (χ2v) is 10.9. The number of nitro benzene ring substituents is 1. The summed E-state index contributed by atoms with van der Waals surface area (Å²) in [5, 5.41) is 16.2. The molecule has 43 heavy (non-hydrogen) atoms. The molecule has 0 bridgehead atoms. The average Bonchev–Trinajstić information content (AvgIpc) is 3.60. The smallest absolute Gasteiger partial charge is 0.270 e. The van der Waals surface area contributed by atoms with Crippen molar-refractivity contribution in [3.05, 3.63) is 142 Å². The molecule has 0 aliphatic carbocycles. The third kappa shape index (κ3) is 5.94. The highest BCUT2D eigenvalue weighted by molar-refractivity contribution is 6.09. The molecule has 0 amide bonds. The highest BCUT2D eigenvalue weighted by Crippen LogP contribution is 2.43. The monoisotopic (exact) mass is 571 g/mol. The maximum Gasteiger partial charge on any atom is 0.270 e. The van der Waals surface area contributed by atoms with Crippen molar-refractivity contribution in [2.75, 3.05) is 0 Å². The molecule has 1 aromatic heterocycles. The fourth-order valence-corrected chi connectivity index (χ4v) is 5.17. The number of fused-ring (bicyclic) bond motifs is 1. The van der Waals surface area contributed by atoms with Crippen molar-refractivity contribution >= 4 is 17.5 Å². The average molecular weight is 572 g/mol. The Kier molecular flexibility index (Phi) is 7.34. The fourth-order valence-electron chi connectivity index (χ4n) is 5.17. The molecule has 0 radical (unpaired) electrons. The molecule has 0 spiro atoms. The number of benzene rings is 4. The van der Waals surface area contributed by atoms with Gasteiger partial charge in [-0.2, -0.15) is 5.10 Å². The molecule has 0 saturated heterocycles. The van der Waals surface area contributed by atoms with Crippen molar-refractivity contribution in [1.29, 1.82) is 0 Å². The van der Waals surface area contributed by atoms with Crippen molar-refractivity contribution < 1.29 is 19.2 Å². The van der Waals surface area contributed by atoms with Crippen LogP contribution in [0, 0.1) is 10.1 Å². The molecule has 2 heterocycles. The van der Waals surface area contributed by atoms with Crippen LogP contribution in [-0.2, 0) is 13.0 Å². The van der Waals surface area contributed by atoms with Crippen LogP contribution >= 0.6 is 0 Å². The first-order valence-corrected chi connectivity index (χ1v) is 13.9. The molecule has 0 saturated carbocycles. The van der Waals surface area contributed by atoms with Gasteiger partial charge in [0.2, 0.25) is 0 Å². The van der Waals surface area contributed by atoms with Gasteiger partial charge in [-0.15, -0.1) is 0 Å². The number of nitro groups is 1. The molecule has 0 N–H and O–H groups in total. The van der Waals surface area contributed by atoms with Crippen molar-refractivity contribution in [3.63, 3.8) is 0 Å². The molecule has 0 fully saturated rings. The normalized spacial score (nSPS) is 13.4. The van der Waals surface area contributed by atoms with Gasteiger partial charge >= 0.3 is 0 Å². The molecule has 0 unspecified atom stereocenters. The van der Waals surface area contributed by atoms with E-state index in [1.54, 1.807) is 35.2 Å². The Labute approximate surface area is 249 Å². The maximum atomic E-state index is 13.6. The Balaban J connectivity index is 1.34. The summed E-state index contributed by atoms with van der Waals surface area (Å²) in [6.07, 6.45) is 5.59. The number of allylic oxidation sites excluding steroid dienone is 1. The zero-order valence-corrected chi connectivity index (χ0v) is 23.8. The zero-order chi connectivity index (χ0) is 30.0. The molecule has 5 aromatic rings. The summed E-state index contributed by atoms with van der Waals surface area (Å²) in [6.45, 7) is 4.38. The summed E-state index contributed by atoms with van der Waals surface area (Å²) in [6, 6.07) is 29.3. The molecule has 8 heteroatoms. The molecule has 214 valence electrons. The number of hydrogen-bond donors (Lipinski definition) is 0. The summed E-state index contributed by atoms with van der Waals surface area (Å²) in [5.74, 6) is 0.993. The van der Waals surface area contributed by atoms with Crippen molar-refractivity contribution in [2.45, 2.75) is 32.5 Å². The first kappa shape index (κ1) is 27.7. The lowest BCUT2D eigenvalue weighted by atomic mass is 9.98. The predicted octanol–water partition coefficient (Wildman–Crippen LogP) is 7.64. The summed E-state index contributed by atoms with van der Waals surface area (Å²) in [4.78, 5) is 24.6. The minimum atomic E-state index is -0.487. The highest BCUT2D eigenvalue weighted by Gasteiger charge is 2.35. The van der Waals surface area contributed by atoms with Gasteiger partial charge in [0.15, 0.2) is 5.78 Å². The number of nitrogens with zero attached hydrogens (tertiary/aromatic N) is 3. The zero-order valence-electron chi connectivity index (χ0n) is 23.8. The van der Waals surface area contributed by atoms with E-state index in [0.717, 1.165) is 16.8 Å².